The van der Waals surface area contributed by atoms with Gasteiger partial charge < -0.3 is 55.9 Å². The van der Waals surface area contributed by atoms with Gasteiger partial charge in [0.25, 0.3) is 0 Å². The number of hydrogen-bond donors (Lipinski definition) is 0. The van der Waals surface area contributed by atoms with Crippen molar-refractivity contribution in [2.24, 2.45) is 0 Å². The molecular weight excluding hydrogens is 1080 g/mol. The van der Waals surface area contributed by atoms with Crippen LogP contribution in [0.2, 0.25) is 0 Å². The van der Waals surface area contributed by atoms with Gasteiger partial charge in [0.2, 0.25) is 0 Å². The molecule has 0 aliphatic carbocycles. The molecule has 9 nitrogen and oxygen atoms in total. The topological polar surface area (TPSA) is 30.9 Å². The summed E-state index contributed by atoms with van der Waals surface area (Å²) in [6, 6.07) is 58.9. The Hall–Kier alpha value is -6.98. The zero-order chi connectivity index (χ0) is 48.5. The van der Waals surface area contributed by atoms with E-state index in [1.54, 1.807) is 0 Å². The van der Waals surface area contributed by atoms with Crippen LogP contribution in [0.4, 0.5) is 45.5 Å². The Balaban J connectivity index is 0.00000306. The summed E-state index contributed by atoms with van der Waals surface area (Å²) in [6.45, 7) is 23.8. The van der Waals surface area contributed by atoms with Gasteiger partial charge in [-0.25, -0.2) is 22.6 Å². The van der Waals surface area contributed by atoms with Crippen LogP contribution in [-0.4, -0.2) is 4.57 Å². The predicted octanol–water partition coefficient (Wildman–Crippen LogP) is 14.2. The second kappa shape index (κ2) is 19.8. The third kappa shape index (κ3) is 9.48. The summed E-state index contributed by atoms with van der Waals surface area (Å²) in [4.78, 5) is 17.3. The van der Waals surface area contributed by atoms with Crippen LogP contribution in [-0.2, 0) is 46.3 Å². The molecule has 0 N–H and O–H groups in total. The van der Waals surface area contributed by atoms with Crippen LogP contribution in [0.3, 0.4) is 0 Å². The van der Waals surface area contributed by atoms with Crippen LogP contribution in [0.25, 0.3) is 27.5 Å². The number of nitrogens with zero attached hydrogens (tertiary/aromatic N) is 9. The third-order valence-corrected chi connectivity index (χ3v) is 13.4. The quantitative estimate of drug-likeness (QED) is 0.104. The largest absolute Gasteiger partial charge is 0.519 e. The average Bonchev–Trinajstić information content (AvgIpc) is 4.24. The van der Waals surface area contributed by atoms with E-state index in [1.807, 2.05) is 0 Å². The first kappa shape index (κ1) is 49.6. The van der Waals surface area contributed by atoms with Gasteiger partial charge in [0, 0.05) is 63.6 Å². The van der Waals surface area contributed by atoms with Crippen molar-refractivity contribution in [2.45, 2.75) is 53.9 Å². The van der Waals surface area contributed by atoms with Crippen molar-refractivity contribution in [2.75, 3.05) is 39.2 Å². The maximum Gasteiger partial charge on any atom is 0.0124 e. The van der Waals surface area contributed by atoms with E-state index < -0.39 is 0 Å². The van der Waals surface area contributed by atoms with Crippen molar-refractivity contribution in [1.29, 1.82) is 0 Å². The molecule has 73 heavy (non-hydrogen) atoms. The van der Waals surface area contributed by atoms with Gasteiger partial charge >= 0.3 is 0 Å². The molecule has 7 aromatic carbocycles. The molecule has 0 fully saturated rings. The number of hydrogen-bond acceptors (Lipinski definition) is 8. The number of benzene rings is 7. The van der Waals surface area contributed by atoms with E-state index in [9.17, 15) is 0 Å². The first-order valence-electron chi connectivity index (χ1n) is 24.0. The summed E-state index contributed by atoms with van der Waals surface area (Å²) in [5.74, 6) is 0. The molecule has 1 aromatic heterocycles. The molecule has 0 amide bonds. The summed E-state index contributed by atoms with van der Waals surface area (Å²) in [5.41, 5.74) is 16.1. The molecule has 4 aliphatic heterocycles. The maximum atomic E-state index is 4.01. The zero-order valence-electron chi connectivity index (χ0n) is 41.6. The number of fused-ring (bicyclic) bond motifs is 3. The van der Waals surface area contributed by atoms with Gasteiger partial charge in [0.15, 0.2) is 0 Å². The van der Waals surface area contributed by atoms with Crippen molar-refractivity contribution in [3.8, 4) is 5.69 Å². The van der Waals surface area contributed by atoms with Crippen LogP contribution in [0.15, 0.2) is 171 Å². The molecule has 4 aliphatic rings. The van der Waals surface area contributed by atoms with Crippen molar-refractivity contribution in [1.82, 2.24) is 4.57 Å². The number of aryl methyl sites for hydroxylation is 4. The number of aromatic nitrogens is 1. The van der Waals surface area contributed by atoms with E-state index in [0.29, 0.717) is 0 Å². The standard InChI is InChI=1S/C62H53N9.2Pd/c1-44-8-16-48(17-9-44)63-28-30-67(40-63)52-24-26-55-56-27-25-53(68-31-29-64(41-68)49-18-10-45(2)11-19-49)37-58(56)71(57(55)36-52)54-38-59(69-34-32-65(42-69)50-20-12-46(3)13-21-50)61(62(5,6)7)60(39-54)70-35-33-66(43-70)51-22-14-47(4)15-23-51;;/h8-35,40-43H,1-7H3;;/q-8;;. The molecule has 0 atom stereocenters. The van der Waals surface area contributed by atoms with Gasteiger partial charge in [-0.3, -0.25) is 0 Å². The van der Waals surface area contributed by atoms with Gasteiger partial charge in [-0.2, -0.15) is 35.0 Å². The summed E-state index contributed by atoms with van der Waals surface area (Å²) in [6.07, 6.45) is 16.8. The molecule has 0 unspecified atom stereocenters. The monoisotopic (exact) mass is 1140 g/mol. The summed E-state index contributed by atoms with van der Waals surface area (Å²) in [5, 5.41) is 2.10. The van der Waals surface area contributed by atoms with E-state index in [0.717, 1.165) is 78.6 Å². The van der Waals surface area contributed by atoms with Gasteiger partial charge in [-0.1, -0.05) is 103 Å². The molecule has 11 heteroatoms. The SMILES string of the molecule is Cc1ccc(N2C=CN(c3[c-]c4c(cc3)c3ccc(N5C=CN(c6ccc(C)cc6)[CH-]5)[c-]c3n4-c3[c-]c(N4C=CN(c5ccc(C)cc5)[CH-]4)c(C(C)(C)C)c(N4C=CN(c5ccc(C)cc5)[CH-]4)[c-]3)[CH-]2)cc1.[Pd].[Pd]. The van der Waals surface area contributed by atoms with Gasteiger partial charge in [-0.15, -0.1) is 55.6 Å². The molecule has 12 rings (SSSR count). The Bertz CT molecular complexity index is 3220. The Morgan fingerprint density at radius 1 is 0.342 bits per heavy atom. The van der Waals surface area contributed by atoms with Gasteiger partial charge in [0.1, 0.15) is 0 Å². The second-order valence-corrected chi connectivity index (χ2v) is 19.7. The first-order valence-corrected chi connectivity index (χ1v) is 24.0. The molecule has 0 bridgehead atoms. The number of anilines is 8. The first-order chi connectivity index (χ1) is 34.4. The van der Waals surface area contributed by atoms with Crippen molar-refractivity contribution < 1.29 is 40.8 Å². The van der Waals surface area contributed by atoms with E-state index in [4.69, 9.17) is 0 Å². The Morgan fingerprint density at radius 2 is 0.630 bits per heavy atom. The minimum atomic E-state index is -0.337. The maximum absolute atomic E-state index is 4.01. The number of rotatable bonds is 9. The predicted molar refractivity (Wildman–Crippen MR) is 293 cm³/mol. The summed E-state index contributed by atoms with van der Waals surface area (Å²) >= 11 is 0. The minimum Gasteiger partial charge on any atom is -0.519 e. The van der Waals surface area contributed by atoms with Crippen LogP contribution >= 0.6 is 0 Å². The average molecular weight is 1140 g/mol. The zero-order valence-corrected chi connectivity index (χ0v) is 44.7. The van der Waals surface area contributed by atoms with Gasteiger partial charge in [-0.05, 0) is 126 Å². The Kier molecular flexibility index (Phi) is 13.5. The molecule has 8 aromatic rings. The van der Waals surface area contributed by atoms with Crippen LogP contribution in [0.5, 0.6) is 0 Å². The fourth-order valence-corrected chi connectivity index (χ4v) is 9.52. The third-order valence-electron chi connectivity index (χ3n) is 13.4. The van der Waals surface area contributed by atoms with E-state index in [1.165, 1.54) is 22.3 Å². The molecule has 0 saturated heterocycles. The fraction of sp³-hybridized carbons (Fsp3) is 0.129. The van der Waals surface area contributed by atoms with Crippen LogP contribution in [0, 0.1) is 78.6 Å². The second-order valence-electron chi connectivity index (χ2n) is 19.7. The molecule has 0 saturated carbocycles. The van der Waals surface area contributed by atoms with Crippen LogP contribution in [0.1, 0.15) is 48.6 Å². The van der Waals surface area contributed by atoms with Crippen molar-refractivity contribution in [3.63, 3.8) is 0 Å². The van der Waals surface area contributed by atoms with Gasteiger partial charge in [0.05, 0.1) is 0 Å². The normalized spacial score (nSPS) is 15.3. The van der Waals surface area contributed by atoms with Crippen molar-refractivity contribution >= 4 is 67.3 Å². The molecule has 0 radical (unpaired) electrons. The minimum absolute atomic E-state index is 0. The molecule has 374 valence electrons. The van der Waals surface area contributed by atoms with Crippen molar-refractivity contribution in [3.05, 3.63) is 250 Å². The Morgan fingerprint density at radius 3 is 0.945 bits per heavy atom. The van der Waals surface area contributed by atoms with Crippen LogP contribution < -0.4 is 39.2 Å². The fourth-order valence-electron chi connectivity index (χ4n) is 9.52. The summed E-state index contributed by atoms with van der Waals surface area (Å²) in [7, 11) is 0. The van der Waals surface area contributed by atoms with E-state index in [-0.39, 0.29) is 46.3 Å². The Labute approximate surface area is 458 Å². The van der Waals surface area contributed by atoms with E-state index >= 15 is 0 Å². The summed E-state index contributed by atoms with van der Waals surface area (Å²) < 4.78 is 2.25. The smallest absolute Gasteiger partial charge is 0.0124 e. The molecule has 0 spiro atoms. The molecular formula is C62H53N9Pd2-8. The van der Waals surface area contributed by atoms with E-state index in [2.05, 4.69) is 314 Å². The molecule has 5 heterocycles.